The molecule has 0 radical (unpaired) electrons. The molecule has 0 aliphatic heterocycles. The molecule has 0 aromatic carbocycles. The highest BCUT2D eigenvalue weighted by Crippen LogP contribution is 2.24. The van der Waals surface area contributed by atoms with E-state index in [0.717, 1.165) is 12.8 Å². The van der Waals surface area contributed by atoms with Crippen molar-refractivity contribution >= 4 is 23.2 Å². The maximum atomic E-state index is 11.8. The summed E-state index contributed by atoms with van der Waals surface area (Å²) in [6.45, 7) is 6.23. The number of hydrogen-bond acceptors (Lipinski definition) is 3. The van der Waals surface area contributed by atoms with E-state index in [0.29, 0.717) is 12.8 Å². The van der Waals surface area contributed by atoms with Crippen LogP contribution in [0.2, 0.25) is 0 Å². The summed E-state index contributed by atoms with van der Waals surface area (Å²) in [4.78, 5) is 24.2. The van der Waals surface area contributed by atoms with Crippen LogP contribution >= 0.6 is 11.3 Å². The Morgan fingerprint density at radius 2 is 2.10 bits per heavy atom. The molecule has 0 fully saturated rings. The highest BCUT2D eigenvalue weighted by atomic mass is 32.1. The summed E-state index contributed by atoms with van der Waals surface area (Å²) in [5.41, 5.74) is -0.0625. The van der Waals surface area contributed by atoms with Crippen molar-refractivity contribution in [2.45, 2.75) is 46.5 Å². The van der Waals surface area contributed by atoms with Crippen molar-refractivity contribution < 1.29 is 14.7 Å². The number of aryl methyl sites for hydroxylation is 1. The fourth-order valence-corrected chi connectivity index (χ4v) is 2.94. The normalized spacial score (nSPS) is 12.9. The second-order valence-corrected chi connectivity index (χ2v) is 7.57. The first-order valence-electron chi connectivity index (χ1n) is 7.30. The molecule has 1 unspecified atom stereocenters. The lowest BCUT2D eigenvalue weighted by Crippen LogP contribution is -2.34. The maximum Gasteiger partial charge on any atom is 0.308 e. The summed E-state index contributed by atoms with van der Waals surface area (Å²) < 4.78 is 0. The van der Waals surface area contributed by atoms with Crippen LogP contribution in [-0.2, 0) is 16.0 Å². The zero-order valence-electron chi connectivity index (χ0n) is 13.0. The third kappa shape index (κ3) is 7.85. The zero-order chi connectivity index (χ0) is 15.9. The molecular weight excluding hydrogens is 286 g/mol. The van der Waals surface area contributed by atoms with Crippen molar-refractivity contribution in [3.05, 3.63) is 22.4 Å². The number of carbonyl (C=O) groups is 2. The van der Waals surface area contributed by atoms with Crippen LogP contribution in [0.1, 0.15) is 44.9 Å². The molecule has 118 valence electrons. The van der Waals surface area contributed by atoms with Gasteiger partial charge in [-0.05, 0) is 36.1 Å². The van der Waals surface area contributed by atoms with Crippen molar-refractivity contribution in [3.63, 3.8) is 0 Å². The number of carboxylic acids is 1. The van der Waals surface area contributed by atoms with Crippen LogP contribution in [0.3, 0.4) is 0 Å². The molecule has 5 heteroatoms. The van der Waals surface area contributed by atoms with Gasteiger partial charge in [0.05, 0.1) is 5.92 Å². The number of hydrogen-bond donors (Lipinski definition) is 2. The molecule has 0 spiro atoms. The molecule has 1 aromatic rings. The van der Waals surface area contributed by atoms with Crippen molar-refractivity contribution in [3.8, 4) is 0 Å². The number of amides is 1. The summed E-state index contributed by atoms with van der Waals surface area (Å²) in [6.07, 6.45) is 2.69. The van der Waals surface area contributed by atoms with Gasteiger partial charge in [-0.25, -0.2) is 0 Å². The van der Waals surface area contributed by atoms with E-state index >= 15 is 0 Å². The Balaban J connectivity index is 2.27. The van der Waals surface area contributed by atoms with Gasteiger partial charge < -0.3 is 10.4 Å². The number of carbonyl (C=O) groups excluding carboxylic acids is 1. The molecule has 0 saturated heterocycles. The first kappa shape index (κ1) is 17.7. The molecule has 1 aromatic heterocycles. The minimum atomic E-state index is -0.844. The largest absolute Gasteiger partial charge is 0.481 e. The highest BCUT2D eigenvalue weighted by Gasteiger charge is 2.24. The molecule has 0 aliphatic rings. The van der Waals surface area contributed by atoms with Crippen LogP contribution in [0, 0.1) is 11.3 Å². The fourth-order valence-electron chi connectivity index (χ4n) is 2.19. The molecule has 0 aliphatic carbocycles. The van der Waals surface area contributed by atoms with Gasteiger partial charge in [-0.1, -0.05) is 26.8 Å². The van der Waals surface area contributed by atoms with Gasteiger partial charge in [-0.2, -0.15) is 0 Å². The van der Waals surface area contributed by atoms with Crippen LogP contribution in [0.4, 0.5) is 0 Å². The van der Waals surface area contributed by atoms with E-state index in [4.69, 9.17) is 0 Å². The van der Waals surface area contributed by atoms with Crippen LogP contribution in [-0.4, -0.2) is 23.5 Å². The van der Waals surface area contributed by atoms with E-state index in [-0.39, 0.29) is 17.9 Å². The Hall–Kier alpha value is -1.36. The van der Waals surface area contributed by atoms with Crippen LogP contribution in [0.15, 0.2) is 17.5 Å². The van der Waals surface area contributed by atoms with Gasteiger partial charge in [0.2, 0.25) is 5.91 Å². The van der Waals surface area contributed by atoms with Gasteiger partial charge in [0.25, 0.3) is 0 Å². The number of carboxylic acid groups (broad SMARTS) is 1. The number of thiophene rings is 1. The van der Waals surface area contributed by atoms with Gasteiger partial charge in [-0.3, -0.25) is 9.59 Å². The van der Waals surface area contributed by atoms with E-state index in [1.807, 2.05) is 32.2 Å². The first-order valence-corrected chi connectivity index (χ1v) is 8.18. The Morgan fingerprint density at radius 1 is 1.38 bits per heavy atom. The predicted octanol–water partition coefficient (Wildman–Crippen LogP) is 3.32. The Kier molecular flexibility index (Phi) is 6.89. The summed E-state index contributed by atoms with van der Waals surface area (Å²) >= 11 is 1.69. The van der Waals surface area contributed by atoms with Gasteiger partial charge in [-0.15, -0.1) is 11.3 Å². The molecule has 0 saturated carbocycles. The third-order valence-corrected chi connectivity index (χ3v) is 4.10. The lowest BCUT2D eigenvalue weighted by atomic mass is 9.84. The maximum absolute atomic E-state index is 11.8. The molecule has 2 N–H and O–H groups in total. The standard InChI is InChI=1S/C16H25NO3S/c1-16(2,3)10-12(15(19)20)11-17-14(18)8-4-6-13-7-5-9-21-13/h5,7,9,12H,4,6,8,10-11H2,1-3H3,(H,17,18)(H,19,20). The van der Waals surface area contributed by atoms with Crippen molar-refractivity contribution in [2.75, 3.05) is 6.54 Å². The Morgan fingerprint density at radius 3 is 2.62 bits per heavy atom. The summed E-state index contributed by atoms with van der Waals surface area (Å²) in [6, 6.07) is 4.07. The quantitative estimate of drug-likeness (QED) is 0.774. The average Bonchev–Trinajstić information content (AvgIpc) is 2.86. The van der Waals surface area contributed by atoms with E-state index in [9.17, 15) is 14.7 Å². The smallest absolute Gasteiger partial charge is 0.308 e. The second kappa shape index (κ2) is 8.17. The van der Waals surface area contributed by atoms with Crippen molar-refractivity contribution in [1.82, 2.24) is 5.32 Å². The minimum absolute atomic E-state index is 0.0625. The predicted molar refractivity (Wildman–Crippen MR) is 85.5 cm³/mol. The first-order chi connectivity index (χ1) is 9.78. The summed E-state index contributed by atoms with van der Waals surface area (Å²) in [5.74, 6) is -1.43. The lowest BCUT2D eigenvalue weighted by molar-refractivity contribution is -0.142. The molecule has 1 rings (SSSR count). The molecule has 4 nitrogen and oxygen atoms in total. The van der Waals surface area contributed by atoms with E-state index in [1.165, 1.54) is 4.88 Å². The molecular formula is C16H25NO3S. The van der Waals surface area contributed by atoms with Gasteiger partial charge in [0.1, 0.15) is 0 Å². The third-order valence-electron chi connectivity index (χ3n) is 3.16. The van der Waals surface area contributed by atoms with Gasteiger partial charge >= 0.3 is 5.97 Å². The zero-order valence-corrected chi connectivity index (χ0v) is 13.8. The molecule has 0 bridgehead atoms. The SMILES string of the molecule is CC(C)(C)CC(CNC(=O)CCCc1cccs1)C(=O)O. The average molecular weight is 311 g/mol. The van der Waals surface area contributed by atoms with E-state index in [1.54, 1.807) is 11.3 Å². The van der Waals surface area contributed by atoms with Crippen molar-refractivity contribution in [2.24, 2.45) is 11.3 Å². The van der Waals surface area contributed by atoms with Crippen LogP contribution in [0.5, 0.6) is 0 Å². The number of nitrogens with one attached hydrogen (secondary N) is 1. The molecule has 1 amide bonds. The fraction of sp³-hybridized carbons (Fsp3) is 0.625. The lowest BCUT2D eigenvalue weighted by Gasteiger charge is -2.23. The van der Waals surface area contributed by atoms with E-state index < -0.39 is 11.9 Å². The van der Waals surface area contributed by atoms with Crippen LogP contribution in [0.25, 0.3) is 0 Å². The minimum Gasteiger partial charge on any atom is -0.481 e. The Labute approximate surface area is 130 Å². The Bertz CT molecular complexity index is 449. The van der Waals surface area contributed by atoms with Gasteiger partial charge in [0.15, 0.2) is 0 Å². The van der Waals surface area contributed by atoms with Crippen molar-refractivity contribution in [1.29, 1.82) is 0 Å². The summed E-state index contributed by atoms with van der Waals surface area (Å²) in [5, 5.41) is 14.0. The monoisotopic (exact) mass is 311 g/mol. The molecule has 1 atom stereocenters. The second-order valence-electron chi connectivity index (χ2n) is 6.54. The van der Waals surface area contributed by atoms with Gasteiger partial charge in [0, 0.05) is 17.8 Å². The number of rotatable bonds is 8. The highest BCUT2D eigenvalue weighted by molar-refractivity contribution is 7.09. The van der Waals surface area contributed by atoms with Crippen LogP contribution < -0.4 is 5.32 Å². The number of aliphatic carboxylic acids is 1. The molecule has 21 heavy (non-hydrogen) atoms. The summed E-state index contributed by atoms with van der Waals surface area (Å²) in [7, 11) is 0. The topological polar surface area (TPSA) is 66.4 Å². The van der Waals surface area contributed by atoms with E-state index in [2.05, 4.69) is 11.4 Å². The molecule has 1 heterocycles.